The fraction of sp³-hybridized carbons (Fsp3) is 0.0238. The van der Waals surface area contributed by atoms with Crippen molar-refractivity contribution in [3.63, 3.8) is 0 Å². The molecule has 0 bridgehead atoms. The summed E-state index contributed by atoms with van der Waals surface area (Å²) in [5.74, 6) is 0.0148. The maximum atomic E-state index is 2.71. The third kappa shape index (κ3) is 8.33. The zero-order valence-electron chi connectivity index (χ0n) is 47.2. The van der Waals surface area contributed by atoms with Crippen LogP contribution in [0.15, 0.2) is 328 Å². The van der Waals surface area contributed by atoms with Gasteiger partial charge < -0.3 is 9.47 Å². The molecule has 0 radical (unpaired) electrons. The van der Waals surface area contributed by atoms with Gasteiger partial charge in [0.1, 0.15) is 0 Å². The maximum absolute atomic E-state index is 2.71. The van der Waals surface area contributed by atoms with E-state index in [0.717, 1.165) is 0 Å². The van der Waals surface area contributed by atoms with Gasteiger partial charge in [-0.3, -0.25) is 0 Å². The lowest BCUT2D eigenvalue weighted by Crippen LogP contribution is -2.38. The van der Waals surface area contributed by atoms with Crippen LogP contribution >= 0.6 is 0 Å². The van der Waals surface area contributed by atoms with Crippen molar-refractivity contribution in [1.29, 1.82) is 0 Å². The van der Waals surface area contributed by atoms with Crippen LogP contribution < -0.4 is 4.90 Å². The molecule has 2 unspecified atom stereocenters. The van der Waals surface area contributed by atoms with Gasteiger partial charge in [0.15, 0.2) is 0 Å². The molecule has 3 heterocycles. The van der Waals surface area contributed by atoms with Crippen molar-refractivity contribution in [3.8, 4) is 100 Å². The van der Waals surface area contributed by atoms with Gasteiger partial charge in [0.05, 0.1) is 22.8 Å². The second-order valence-electron chi connectivity index (χ2n) is 23.2. The fourth-order valence-electron chi connectivity index (χ4n) is 14.2. The van der Waals surface area contributed by atoms with Crippen LogP contribution in [0.1, 0.15) is 17.0 Å². The summed E-state index contributed by atoms with van der Waals surface area (Å²) < 4.78 is 2.65. The van der Waals surface area contributed by atoms with Gasteiger partial charge in [0.2, 0.25) is 0 Å². The molecular weight excluding hydrogens is 1040 g/mol. The summed E-state index contributed by atoms with van der Waals surface area (Å²) in [4.78, 5) is 2.71. The smallest absolute Gasteiger partial charge is 0.0857 e. The normalized spacial score (nSPS) is 14.6. The summed E-state index contributed by atoms with van der Waals surface area (Å²) in [7, 11) is 0. The Bertz CT molecular complexity index is 4900. The SMILES string of the molecule is C1=C(c2cccc(-c3ccccc3)c2)C2c3cc(-c4cccc(-c5ccccc5)c4)ccc3N3c4ccc(-c5cc(-c6ccccc6)cc(-c6ccccc6)c5)c5c6cc(-c7cc(-c8ccccc8)cc(-c8ccccc8)c7)ccc6n(c45)C(=C1)C23. The van der Waals surface area contributed by atoms with E-state index in [0.29, 0.717) is 0 Å². The van der Waals surface area contributed by atoms with Crippen LogP contribution in [0.2, 0.25) is 0 Å². The van der Waals surface area contributed by atoms with E-state index < -0.39 is 0 Å². The number of hydrogen-bond donors (Lipinski definition) is 0. The predicted molar refractivity (Wildman–Crippen MR) is 362 cm³/mol. The van der Waals surface area contributed by atoms with E-state index >= 15 is 0 Å². The van der Waals surface area contributed by atoms with Gasteiger partial charge in [-0.2, -0.15) is 0 Å². The Morgan fingerprint density at radius 1 is 0.256 bits per heavy atom. The van der Waals surface area contributed by atoms with Crippen LogP contribution in [0.3, 0.4) is 0 Å². The van der Waals surface area contributed by atoms with Crippen LogP contribution in [-0.2, 0) is 0 Å². The van der Waals surface area contributed by atoms with E-state index in [1.165, 1.54) is 156 Å². The lowest BCUT2D eigenvalue weighted by atomic mass is 9.78. The molecule has 17 rings (SSSR count). The summed E-state index contributed by atoms with van der Waals surface area (Å²) in [6.07, 6.45) is 4.91. The number of aromatic nitrogens is 1. The van der Waals surface area contributed by atoms with Gasteiger partial charge in [-0.25, -0.2) is 0 Å². The number of anilines is 2. The Labute approximate surface area is 501 Å². The number of rotatable bonds is 10. The van der Waals surface area contributed by atoms with Crippen LogP contribution in [0, 0.1) is 0 Å². The molecule has 2 atom stereocenters. The highest BCUT2D eigenvalue weighted by Gasteiger charge is 2.49. The zero-order chi connectivity index (χ0) is 56.7. The van der Waals surface area contributed by atoms with Gasteiger partial charge in [0, 0.05) is 28.1 Å². The first-order valence-electron chi connectivity index (χ1n) is 29.9. The highest BCUT2D eigenvalue weighted by atomic mass is 15.3. The van der Waals surface area contributed by atoms with Crippen LogP contribution in [0.4, 0.5) is 11.4 Å². The summed E-state index contributed by atoms with van der Waals surface area (Å²) in [6.45, 7) is 0. The van der Waals surface area contributed by atoms with E-state index in [4.69, 9.17) is 0 Å². The third-order valence-electron chi connectivity index (χ3n) is 18.2. The molecular formula is C84H56N2. The third-order valence-corrected chi connectivity index (χ3v) is 18.2. The van der Waals surface area contributed by atoms with Crippen molar-refractivity contribution in [2.45, 2.75) is 12.0 Å². The lowest BCUT2D eigenvalue weighted by molar-refractivity contribution is 0.737. The lowest BCUT2D eigenvalue weighted by Gasteiger charge is -2.40. The number of benzene rings is 13. The van der Waals surface area contributed by atoms with Gasteiger partial charge >= 0.3 is 0 Å². The summed E-state index contributed by atoms with van der Waals surface area (Å²) in [6, 6.07) is 117. The number of nitrogens with zero attached hydrogens (tertiary/aromatic N) is 2. The fourth-order valence-corrected chi connectivity index (χ4v) is 14.2. The molecule has 0 amide bonds. The molecule has 1 aliphatic carbocycles. The molecule has 13 aromatic carbocycles. The van der Waals surface area contributed by atoms with Crippen LogP contribution in [0.5, 0.6) is 0 Å². The molecule has 2 heteroatoms. The zero-order valence-corrected chi connectivity index (χ0v) is 47.2. The molecule has 402 valence electrons. The van der Waals surface area contributed by atoms with Crippen molar-refractivity contribution in [2.75, 3.05) is 4.90 Å². The van der Waals surface area contributed by atoms with Gasteiger partial charge in [-0.15, -0.1) is 0 Å². The molecule has 0 saturated carbocycles. The Kier molecular flexibility index (Phi) is 11.7. The quantitative estimate of drug-likeness (QED) is 0.132. The molecule has 0 saturated heterocycles. The van der Waals surface area contributed by atoms with Crippen molar-refractivity contribution in [2.24, 2.45) is 0 Å². The second-order valence-corrected chi connectivity index (χ2v) is 23.2. The standard InChI is InChI=1S/C84H56N2/c1-7-21-55(22-8-1)61-33-19-35-63(45-61)64-37-41-77-75(53-64)81-73(66-36-20-34-62(46-66)56-23-9-2-10-24-56)39-43-79-83(81)85(77)80-44-40-74(72-51-69(59-29-15-5-16-30-59)48-70(52-72)60-31-17-6-18-32-60)82-76-54-65(38-42-78(76)86(79)84(80)82)71-49-67(57-25-11-3-12-26-57)47-68(50-71)58-27-13-4-14-28-58/h1-54,81,83H. The summed E-state index contributed by atoms with van der Waals surface area (Å²) >= 11 is 0. The number of hydrogen-bond acceptors (Lipinski definition) is 1. The molecule has 1 aromatic heterocycles. The number of allylic oxidation sites excluding steroid dienone is 2. The Balaban J connectivity index is 0.934. The van der Waals surface area contributed by atoms with Gasteiger partial charge in [-0.05, 0) is 202 Å². The molecule has 0 fully saturated rings. The predicted octanol–water partition coefficient (Wildman–Crippen LogP) is 22.4. The minimum absolute atomic E-state index is 0.0148. The first-order valence-corrected chi connectivity index (χ1v) is 29.9. The van der Waals surface area contributed by atoms with Crippen molar-refractivity contribution in [3.05, 3.63) is 339 Å². The first kappa shape index (κ1) is 49.5. The minimum Gasteiger partial charge on any atom is -0.329 e. The molecule has 2 nitrogen and oxygen atoms in total. The van der Waals surface area contributed by atoms with Crippen molar-refractivity contribution in [1.82, 2.24) is 4.57 Å². The maximum Gasteiger partial charge on any atom is 0.0857 e. The molecule has 0 N–H and O–H groups in total. The summed E-state index contributed by atoms with van der Waals surface area (Å²) in [5.41, 5.74) is 31.6. The minimum atomic E-state index is -0.0322. The molecule has 0 spiro atoms. The second kappa shape index (κ2) is 20.4. The van der Waals surface area contributed by atoms with E-state index in [1.54, 1.807) is 0 Å². The highest BCUT2D eigenvalue weighted by Crippen LogP contribution is 2.61. The van der Waals surface area contributed by atoms with E-state index in [2.05, 4.69) is 337 Å². The molecule has 14 aromatic rings. The summed E-state index contributed by atoms with van der Waals surface area (Å²) in [5, 5.41) is 2.47. The van der Waals surface area contributed by atoms with Crippen LogP contribution in [0.25, 0.3) is 133 Å². The largest absolute Gasteiger partial charge is 0.329 e. The average molecular weight is 1090 g/mol. The topological polar surface area (TPSA) is 8.17 Å². The van der Waals surface area contributed by atoms with Crippen molar-refractivity contribution >= 4 is 44.5 Å². The average Bonchev–Trinajstić information content (AvgIpc) is 1.54. The van der Waals surface area contributed by atoms with Crippen molar-refractivity contribution < 1.29 is 0 Å². The Morgan fingerprint density at radius 3 is 1.14 bits per heavy atom. The monoisotopic (exact) mass is 1090 g/mol. The van der Waals surface area contributed by atoms with E-state index in [1.807, 2.05) is 0 Å². The molecule has 86 heavy (non-hydrogen) atoms. The van der Waals surface area contributed by atoms with E-state index in [9.17, 15) is 0 Å². The first-order chi connectivity index (χ1) is 42.6. The van der Waals surface area contributed by atoms with Crippen LogP contribution in [-0.4, -0.2) is 10.6 Å². The van der Waals surface area contributed by atoms with E-state index in [-0.39, 0.29) is 12.0 Å². The Morgan fingerprint density at radius 2 is 0.628 bits per heavy atom. The number of fused-ring (bicyclic) bond motifs is 8. The van der Waals surface area contributed by atoms with Gasteiger partial charge in [0.25, 0.3) is 0 Å². The Hall–Kier alpha value is -11.1. The molecule has 3 aliphatic rings. The molecule has 2 aliphatic heterocycles. The highest BCUT2D eigenvalue weighted by molar-refractivity contribution is 6.23. The van der Waals surface area contributed by atoms with Gasteiger partial charge in [-0.1, -0.05) is 243 Å².